The number of aryl methyl sites for hydroxylation is 1. The number of aromatic nitrogens is 1. The number of amides is 1. The van der Waals surface area contributed by atoms with Crippen LogP contribution in [0.2, 0.25) is 18.1 Å². The van der Waals surface area contributed by atoms with Crippen LogP contribution in [0.15, 0.2) is 5.57 Å². The van der Waals surface area contributed by atoms with Crippen molar-refractivity contribution in [2.24, 2.45) is 0 Å². The molecular formula is C28H47N3O5SSi. The van der Waals surface area contributed by atoms with Crippen molar-refractivity contribution >= 4 is 37.3 Å². The monoisotopic (exact) mass is 565 g/mol. The molecule has 1 saturated heterocycles. The van der Waals surface area contributed by atoms with Crippen LogP contribution in [-0.2, 0) is 25.1 Å². The smallest absolute Gasteiger partial charge is 0.410 e. The van der Waals surface area contributed by atoms with Crippen LogP contribution in [0.4, 0.5) is 4.79 Å². The lowest BCUT2D eigenvalue weighted by Gasteiger charge is -2.48. The predicted molar refractivity (Wildman–Crippen MR) is 155 cm³/mol. The number of ether oxygens (including phenoxy) is 2. The summed E-state index contributed by atoms with van der Waals surface area (Å²) in [6, 6.07) is -0.220. The van der Waals surface area contributed by atoms with Gasteiger partial charge in [-0.2, -0.15) is 0 Å². The van der Waals surface area contributed by atoms with Crippen LogP contribution < -0.4 is 0 Å². The van der Waals surface area contributed by atoms with Gasteiger partial charge in [0.1, 0.15) is 10.6 Å². The summed E-state index contributed by atoms with van der Waals surface area (Å²) >= 11 is 1.65. The SMILES string of the molecule is CCOC(=O)C1=C(c2nc(C)c(CCO[Si](C)(C)C(C)(C)C)s2)CC2CN(C(=O)OC(C)(C)C)CC1N2C. The first-order valence-electron chi connectivity index (χ1n) is 13.7. The van der Waals surface area contributed by atoms with E-state index < -0.39 is 13.9 Å². The van der Waals surface area contributed by atoms with Gasteiger partial charge in [-0.15, -0.1) is 11.3 Å². The minimum atomic E-state index is -1.83. The minimum absolute atomic E-state index is 0.0593. The van der Waals surface area contributed by atoms with E-state index in [0.29, 0.717) is 31.7 Å². The molecule has 0 saturated carbocycles. The van der Waals surface area contributed by atoms with E-state index in [9.17, 15) is 9.59 Å². The van der Waals surface area contributed by atoms with Gasteiger partial charge in [-0.1, -0.05) is 20.8 Å². The van der Waals surface area contributed by atoms with Gasteiger partial charge in [-0.25, -0.2) is 14.6 Å². The molecule has 3 rings (SSSR count). The Hall–Kier alpha value is -1.75. The quantitative estimate of drug-likeness (QED) is 0.312. The normalized spacial score (nSPS) is 21.1. The Morgan fingerprint density at radius 2 is 1.79 bits per heavy atom. The van der Waals surface area contributed by atoms with E-state index in [1.807, 2.05) is 41.7 Å². The molecule has 38 heavy (non-hydrogen) atoms. The zero-order chi connectivity index (χ0) is 28.6. The van der Waals surface area contributed by atoms with Crippen molar-refractivity contribution in [3.8, 4) is 0 Å². The molecule has 1 fully saturated rings. The highest BCUT2D eigenvalue weighted by atomic mass is 32.1. The Morgan fingerprint density at radius 3 is 2.37 bits per heavy atom. The van der Waals surface area contributed by atoms with Gasteiger partial charge in [0.15, 0.2) is 8.32 Å². The Morgan fingerprint density at radius 1 is 1.13 bits per heavy atom. The molecule has 1 aromatic heterocycles. The number of fused-ring (bicyclic) bond motifs is 2. The second-order valence-corrected chi connectivity index (χ2v) is 18.8. The molecule has 0 spiro atoms. The second-order valence-electron chi connectivity index (χ2n) is 12.9. The predicted octanol–water partition coefficient (Wildman–Crippen LogP) is 5.66. The average molecular weight is 566 g/mol. The Balaban J connectivity index is 1.90. The van der Waals surface area contributed by atoms with Crippen LogP contribution in [0.3, 0.4) is 0 Å². The summed E-state index contributed by atoms with van der Waals surface area (Å²) in [5.41, 5.74) is 1.96. The first-order valence-corrected chi connectivity index (χ1v) is 17.4. The molecule has 0 aliphatic carbocycles. The van der Waals surface area contributed by atoms with Gasteiger partial charge >= 0.3 is 12.1 Å². The van der Waals surface area contributed by atoms with Crippen molar-refractivity contribution in [1.82, 2.24) is 14.8 Å². The number of thiazole rings is 1. The van der Waals surface area contributed by atoms with Gasteiger partial charge in [-0.3, -0.25) is 4.90 Å². The summed E-state index contributed by atoms with van der Waals surface area (Å²) in [6.45, 7) is 22.6. The number of esters is 1. The van der Waals surface area contributed by atoms with E-state index in [1.165, 1.54) is 4.88 Å². The molecule has 3 heterocycles. The van der Waals surface area contributed by atoms with Gasteiger partial charge < -0.3 is 18.8 Å². The highest BCUT2D eigenvalue weighted by Crippen LogP contribution is 2.41. The van der Waals surface area contributed by atoms with Gasteiger partial charge in [0, 0.05) is 42.6 Å². The zero-order valence-corrected chi connectivity index (χ0v) is 27.0. The summed E-state index contributed by atoms with van der Waals surface area (Å²) in [7, 11) is 0.197. The highest BCUT2D eigenvalue weighted by Gasteiger charge is 2.45. The molecule has 1 amide bonds. The van der Waals surface area contributed by atoms with E-state index in [0.717, 1.165) is 22.7 Å². The fourth-order valence-electron chi connectivity index (χ4n) is 4.65. The second kappa shape index (κ2) is 11.4. The molecule has 2 unspecified atom stereocenters. The lowest BCUT2D eigenvalue weighted by Crippen LogP contribution is -2.62. The van der Waals surface area contributed by atoms with E-state index in [1.54, 1.807) is 16.2 Å². The van der Waals surface area contributed by atoms with Gasteiger partial charge in [-0.05, 0) is 66.2 Å². The summed E-state index contributed by atoms with van der Waals surface area (Å²) in [4.78, 5) is 36.3. The van der Waals surface area contributed by atoms with Crippen LogP contribution in [-0.4, -0.2) is 86.2 Å². The summed E-state index contributed by atoms with van der Waals surface area (Å²) in [6.07, 6.45) is 1.08. The van der Waals surface area contributed by atoms with Crippen LogP contribution in [0.25, 0.3) is 5.57 Å². The maximum atomic E-state index is 13.3. The molecule has 10 heteroatoms. The molecule has 0 N–H and O–H groups in total. The lowest BCUT2D eigenvalue weighted by molar-refractivity contribution is -0.140. The third-order valence-electron chi connectivity index (χ3n) is 7.89. The van der Waals surface area contributed by atoms with Crippen LogP contribution in [0.1, 0.15) is 70.5 Å². The molecule has 2 atom stereocenters. The highest BCUT2D eigenvalue weighted by molar-refractivity contribution is 7.12. The Labute approximate surface area is 233 Å². The van der Waals surface area contributed by atoms with Crippen LogP contribution in [0.5, 0.6) is 0 Å². The first-order chi connectivity index (χ1) is 17.4. The molecule has 2 bridgehead atoms. The number of piperazine rings is 1. The van der Waals surface area contributed by atoms with Crippen LogP contribution in [0, 0.1) is 6.92 Å². The van der Waals surface area contributed by atoms with Gasteiger partial charge in [0.05, 0.1) is 23.9 Å². The largest absolute Gasteiger partial charge is 0.463 e. The topological polar surface area (TPSA) is 81.2 Å². The fourth-order valence-corrected chi connectivity index (χ4v) is 6.81. The lowest BCUT2D eigenvalue weighted by atomic mass is 9.85. The van der Waals surface area contributed by atoms with E-state index in [2.05, 4.69) is 38.8 Å². The van der Waals surface area contributed by atoms with Crippen molar-refractivity contribution in [2.45, 2.75) is 104 Å². The van der Waals surface area contributed by atoms with E-state index in [4.69, 9.17) is 18.9 Å². The van der Waals surface area contributed by atoms with Crippen molar-refractivity contribution in [2.75, 3.05) is 33.4 Å². The molecule has 2 aliphatic heterocycles. The molecular weight excluding hydrogens is 518 g/mol. The number of likely N-dealkylation sites (N-methyl/N-ethyl adjacent to an activating group) is 1. The average Bonchev–Trinajstić information content (AvgIpc) is 3.11. The zero-order valence-electron chi connectivity index (χ0n) is 25.2. The number of rotatable bonds is 7. The molecule has 1 aromatic rings. The van der Waals surface area contributed by atoms with Gasteiger partial charge in [0.25, 0.3) is 0 Å². The minimum Gasteiger partial charge on any atom is -0.463 e. The molecule has 0 aromatic carbocycles. The number of hydrogen-bond acceptors (Lipinski definition) is 8. The van der Waals surface area contributed by atoms with E-state index in [-0.39, 0.29) is 35.8 Å². The Bertz CT molecular complexity index is 1070. The maximum absolute atomic E-state index is 13.3. The first kappa shape index (κ1) is 30.8. The molecule has 0 radical (unpaired) electrons. The molecule has 2 aliphatic rings. The van der Waals surface area contributed by atoms with Crippen LogP contribution >= 0.6 is 11.3 Å². The van der Waals surface area contributed by atoms with Gasteiger partial charge in [0.2, 0.25) is 0 Å². The third-order valence-corrected chi connectivity index (χ3v) is 13.7. The number of carbonyl (C=O) groups excluding carboxylic acids is 2. The number of nitrogens with zero attached hydrogens (tertiary/aromatic N) is 3. The standard InChI is InChI=1S/C28H47N3O5SSi/c1-12-34-25(32)23-20(15-19-16-31(17-21(23)30(19)9)26(33)36-27(3,4)5)24-29-18(2)22(37-24)13-14-35-38(10,11)28(6,7)8/h19,21H,12-17H2,1-11H3. The number of carbonyl (C=O) groups is 2. The van der Waals surface area contributed by atoms with E-state index >= 15 is 0 Å². The van der Waals surface area contributed by atoms with Crippen molar-refractivity contribution in [1.29, 1.82) is 0 Å². The maximum Gasteiger partial charge on any atom is 0.410 e. The molecule has 214 valence electrons. The molecule has 8 nitrogen and oxygen atoms in total. The van der Waals surface area contributed by atoms with Crippen molar-refractivity contribution in [3.63, 3.8) is 0 Å². The Kier molecular flexibility index (Phi) is 9.23. The fraction of sp³-hybridized carbons (Fsp3) is 0.750. The summed E-state index contributed by atoms with van der Waals surface area (Å²) in [5, 5.41) is 1.04. The van der Waals surface area contributed by atoms with Crippen molar-refractivity contribution < 1.29 is 23.5 Å². The number of hydrogen-bond donors (Lipinski definition) is 0. The summed E-state index contributed by atoms with van der Waals surface area (Å²) in [5.74, 6) is -0.334. The summed E-state index contributed by atoms with van der Waals surface area (Å²) < 4.78 is 17.6. The third kappa shape index (κ3) is 6.87. The van der Waals surface area contributed by atoms with Crippen molar-refractivity contribution in [3.05, 3.63) is 21.2 Å².